The highest BCUT2D eigenvalue weighted by atomic mass is 16.6. The number of Topliss-reactive ketones (excluding diaryl/α,β-unsaturated/α-hetero) is 1. The van der Waals surface area contributed by atoms with Crippen LogP contribution in [0, 0.1) is 5.92 Å². The lowest BCUT2D eigenvalue weighted by molar-refractivity contribution is -0.193. The molecule has 1 aliphatic carbocycles. The second kappa shape index (κ2) is 26.2. The molecule has 1 saturated carbocycles. The summed E-state index contributed by atoms with van der Waals surface area (Å²) in [6.07, 6.45) is 5.86. The van der Waals surface area contributed by atoms with Crippen LogP contribution < -0.4 is 0 Å². The molecule has 0 spiro atoms. The number of nitrogens with zero attached hydrogens (tertiary/aromatic N) is 5. The van der Waals surface area contributed by atoms with Crippen molar-refractivity contribution in [2.75, 3.05) is 47.8 Å². The number of amides is 4. The van der Waals surface area contributed by atoms with Crippen molar-refractivity contribution in [2.24, 2.45) is 11.0 Å². The van der Waals surface area contributed by atoms with Crippen LogP contribution in [0.5, 0.6) is 0 Å². The van der Waals surface area contributed by atoms with Gasteiger partial charge in [0.2, 0.25) is 5.91 Å². The van der Waals surface area contributed by atoms with Crippen molar-refractivity contribution in [2.45, 2.75) is 131 Å². The number of likely N-dealkylation sites (N-methyl/N-ethyl adjacent to an activating group) is 1. The number of hydrogen-bond acceptors (Lipinski definition) is 13. The van der Waals surface area contributed by atoms with E-state index in [-0.39, 0.29) is 42.2 Å². The first-order valence-corrected chi connectivity index (χ1v) is 17.3. The predicted molar refractivity (Wildman–Crippen MR) is 193 cm³/mol. The number of hydrazone groups is 1. The first kappa shape index (κ1) is 52.7. The summed E-state index contributed by atoms with van der Waals surface area (Å²) in [4.78, 5) is 94.2. The van der Waals surface area contributed by atoms with Gasteiger partial charge in [-0.2, -0.15) is 24.3 Å². The summed E-state index contributed by atoms with van der Waals surface area (Å²) in [6.45, 7) is 19.5. The van der Waals surface area contributed by atoms with E-state index in [4.69, 9.17) is 33.4 Å². The zero-order chi connectivity index (χ0) is 42.2. The first-order chi connectivity index (χ1) is 24.2. The number of ketones is 1. The molecule has 0 N–H and O–H groups in total. The number of rotatable bonds is 8. The average Bonchev–Trinajstić information content (AvgIpc) is 3.61. The van der Waals surface area contributed by atoms with Crippen molar-refractivity contribution >= 4 is 48.0 Å². The molecule has 0 aromatic carbocycles. The second-order valence-corrected chi connectivity index (χ2v) is 15.5. The highest BCUT2D eigenvalue weighted by molar-refractivity contribution is 6.06. The molecule has 0 unspecified atom stereocenters. The monoisotopic (exact) mass is 757 g/mol. The Bertz CT molecular complexity index is 1230. The molecule has 0 aromatic heterocycles. The maximum Gasteiger partial charge on any atom is 0.410 e. The Hall–Kier alpha value is -4.62. The molecular formula is C36H63N5O12. The number of carbonyl (C=O) groups is 5. The Morgan fingerprint density at radius 2 is 1.13 bits per heavy atom. The predicted octanol–water partition coefficient (Wildman–Crippen LogP) is 5.17. The topological polar surface area (TPSA) is 207 Å². The molecule has 0 saturated heterocycles. The quantitative estimate of drug-likeness (QED) is 0.294. The van der Waals surface area contributed by atoms with Gasteiger partial charge in [-0.15, -0.1) is 0 Å². The van der Waals surface area contributed by atoms with Crippen LogP contribution in [0.4, 0.5) is 14.4 Å². The van der Waals surface area contributed by atoms with Crippen LogP contribution in [0.3, 0.4) is 0 Å². The van der Waals surface area contributed by atoms with Crippen molar-refractivity contribution in [3.8, 4) is 0 Å². The van der Waals surface area contributed by atoms with E-state index in [0.29, 0.717) is 25.3 Å². The molecular weight excluding hydrogens is 694 g/mol. The molecule has 53 heavy (non-hydrogen) atoms. The summed E-state index contributed by atoms with van der Waals surface area (Å²) < 4.78 is 15.4. The molecule has 304 valence electrons. The molecule has 0 radical (unpaired) electrons. The van der Waals surface area contributed by atoms with Gasteiger partial charge in [0.05, 0.1) is 25.2 Å². The molecule has 2 rings (SSSR count). The number of carbonyl (C=O) groups excluding carboxylic acids is 9. The molecule has 0 atom stereocenters. The van der Waals surface area contributed by atoms with Gasteiger partial charge in [-0.05, 0) is 87.5 Å². The summed E-state index contributed by atoms with van der Waals surface area (Å²) in [6, 6.07) is 0. The molecule has 1 heterocycles. The highest BCUT2D eigenvalue weighted by Crippen LogP contribution is 2.27. The lowest BCUT2D eigenvalue weighted by Crippen LogP contribution is -2.37. The van der Waals surface area contributed by atoms with Gasteiger partial charge in [-0.1, -0.05) is 19.8 Å². The fourth-order valence-corrected chi connectivity index (χ4v) is 4.25. The molecule has 2 aliphatic rings. The Morgan fingerprint density at radius 1 is 0.736 bits per heavy atom. The van der Waals surface area contributed by atoms with E-state index in [1.54, 1.807) is 54.0 Å². The average molecular weight is 758 g/mol. The second-order valence-electron chi connectivity index (χ2n) is 15.5. The normalized spacial score (nSPS) is 13.6. The van der Waals surface area contributed by atoms with Gasteiger partial charge in [-0.3, -0.25) is 9.59 Å². The van der Waals surface area contributed by atoms with Gasteiger partial charge < -0.3 is 28.9 Å². The smallest absolute Gasteiger partial charge is 0.410 e. The Kier molecular flexibility index (Phi) is 26.1. The van der Waals surface area contributed by atoms with Crippen LogP contribution in [0.1, 0.15) is 114 Å². The number of ether oxygens (including phenoxy) is 3. The van der Waals surface area contributed by atoms with Crippen molar-refractivity contribution in [3.63, 3.8) is 0 Å². The van der Waals surface area contributed by atoms with Crippen LogP contribution in [0.2, 0.25) is 0 Å². The summed E-state index contributed by atoms with van der Waals surface area (Å²) in [5.41, 5.74) is -0.690. The molecule has 17 nitrogen and oxygen atoms in total. The van der Waals surface area contributed by atoms with E-state index in [2.05, 4.69) is 5.10 Å². The zero-order valence-corrected chi connectivity index (χ0v) is 34.3. The van der Waals surface area contributed by atoms with E-state index >= 15 is 0 Å². The van der Waals surface area contributed by atoms with Gasteiger partial charge in [0.1, 0.15) is 16.8 Å². The first-order valence-electron chi connectivity index (χ1n) is 17.3. The highest BCUT2D eigenvalue weighted by Gasteiger charge is 2.29. The van der Waals surface area contributed by atoms with Gasteiger partial charge in [0.25, 0.3) is 0 Å². The summed E-state index contributed by atoms with van der Waals surface area (Å²) >= 11 is 0. The molecule has 1 aliphatic heterocycles. The molecule has 17 heteroatoms. The molecule has 0 aromatic rings. The zero-order valence-electron chi connectivity index (χ0n) is 34.3. The van der Waals surface area contributed by atoms with Crippen LogP contribution in [-0.2, 0) is 43.0 Å². The van der Waals surface area contributed by atoms with E-state index in [1.165, 1.54) is 40.4 Å². The fourth-order valence-electron chi connectivity index (χ4n) is 4.25. The van der Waals surface area contributed by atoms with Crippen LogP contribution >= 0.6 is 0 Å². The molecule has 4 amide bonds. The SMILES string of the molecule is CCCC(=O)CN(C)C(=O)OC(C)(C)C.CN(C)C(=O)OC(C)(C)C.CN(CC1=NN(CC2CCCC2)C(=O)C1)C(=O)OC(C)(C)C.O=C=O.O=C=O. The van der Waals surface area contributed by atoms with Crippen LogP contribution in [-0.4, -0.2) is 132 Å². The minimum Gasteiger partial charge on any atom is -0.444 e. The van der Waals surface area contributed by atoms with Crippen molar-refractivity contribution in [3.05, 3.63) is 0 Å². The Morgan fingerprint density at radius 3 is 1.49 bits per heavy atom. The van der Waals surface area contributed by atoms with E-state index in [9.17, 15) is 24.0 Å². The van der Waals surface area contributed by atoms with Crippen LogP contribution in [0.15, 0.2) is 5.10 Å². The molecule has 0 bridgehead atoms. The van der Waals surface area contributed by atoms with E-state index in [1.807, 2.05) is 48.5 Å². The third-order valence-electron chi connectivity index (χ3n) is 6.34. The van der Waals surface area contributed by atoms with Crippen LogP contribution in [0.25, 0.3) is 0 Å². The largest absolute Gasteiger partial charge is 0.444 e. The van der Waals surface area contributed by atoms with E-state index in [0.717, 1.165) is 18.7 Å². The van der Waals surface area contributed by atoms with Gasteiger partial charge >= 0.3 is 30.6 Å². The van der Waals surface area contributed by atoms with Gasteiger partial charge in [-0.25, -0.2) is 19.4 Å². The summed E-state index contributed by atoms with van der Waals surface area (Å²) in [5.74, 6) is 0.681. The van der Waals surface area contributed by atoms with Gasteiger partial charge in [0, 0.05) is 41.2 Å². The van der Waals surface area contributed by atoms with Crippen molar-refractivity contribution < 1.29 is 57.4 Å². The molecule has 1 fully saturated rings. The third-order valence-corrected chi connectivity index (χ3v) is 6.34. The lowest BCUT2D eigenvalue weighted by Gasteiger charge is -2.24. The Balaban J connectivity index is -0.000000700. The summed E-state index contributed by atoms with van der Waals surface area (Å²) in [5, 5.41) is 5.99. The maximum absolute atomic E-state index is 12.0. The van der Waals surface area contributed by atoms with Crippen molar-refractivity contribution in [1.29, 1.82) is 0 Å². The maximum atomic E-state index is 12.0. The lowest BCUT2D eigenvalue weighted by atomic mass is 10.1. The van der Waals surface area contributed by atoms with Gasteiger partial charge in [0.15, 0.2) is 5.78 Å². The Labute approximate surface area is 314 Å². The number of hydrogen-bond donors (Lipinski definition) is 0. The fraction of sp³-hybridized carbons (Fsp3) is 0.778. The minimum absolute atomic E-state index is 0.0412. The van der Waals surface area contributed by atoms with Crippen molar-refractivity contribution in [1.82, 2.24) is 19.7 Å². The van der Waals surface area contributed by atoms with E-state index < -0.39 is 23.4 Å². The standard InChI is InChI=1S/C16H27N3O3.C11H21NO3.C7H15NO2.2CO2/c1-16(2,3)22-15(21)18(4)11-13-9-14(20)19(17-13)10-12-7-5-6-8-12;1-6-7-9(13)8-12(5)10(14)15-11(2,3)4;1-7(2,3)10-6(9)8(4)5;2*2-1-3/h12H,5-11H2,1-4H3;6-8H2,1-5H3;1-5H3;;. The third kappa shape index (κ3) is 30.7. The minimum atomic E-state index is -0.521. The summed E-state index contributed by atoms with van der Waals surface area (Å²) in [7, 11) is 6.56.